The molecule has 0 aliphatic heterocycles. The van der Waals surface area contributed by atoms with Gasteiger partial charge in [-0.3, -0.25) is 4.79 Å². The maximum atomic E-state index is 11.7. The molecule has 0 saturated carbocycles. The first kappa shape index (κ1) is 15.0. The van der Waals surface area contributed by atoms with Crippen molar-refractivity contribution in [3.05, 3.63) is 23.9 Å². The standard InChI is InChI=1S/C11H12F2N2O4/c12-8(13)6-19-4-2-10(16)15-9-5-7(11(17)18)1-3-14-9/h1,3,5,8H,2,4,6H2,(H,17,18)(H,14,15,16). The van der Waals surface area contributed by atoms with E-state index in [0.717, 1.165) is 0 Å². The number of aromatic carboxylic acids is 1. The molecule has 0 radical (unpaired) electrons. The number of pyridine rings is 1. The number of hydrogen-bond acceptors (Lipinski definition) is 4. The third-order valence-corrected chi connectivity index (χ3v) is 1.99. The van der Waals surface area contributed by atoms with Gasteiger partial charge in [-0.15, -0.1) is 0 Å². The minimum absolute atomic E-state index is 0.0146. The van der Waals surface area contributed by atoms with Crippen molar-refractivity contribution in [3.8, 4) is 0 Å². The van der Waals surface area contributed by atoms with Crippen LogP contribution in [0.25, 0.3) is 0 Å². The van der Waals surface area contributed by atoms with Crippen LogP contribution in [0.3, 0.4) is 0 Å². The molecule has 1 aromatic heterocycles. The number of carbonyl (C=O) groups is 2. The lowest BCUT2D eigenvalue weighted by molar-refractivity contribution is -0.117. The van der Waals surface area contributed by atoms with Crippen LogP contribution in [0.1, 0.15) is 16.8 Å². The fourth-order valence-corrected chi connectivity index (χ4v) is 1.17. The van der Waals surface area contributed by atoms with Crippen molar-refractivity contribution in [1.82, 2.24) is 4.98 Å². The van der Waals surface area contributed by atoms with Crippen molar-refractivity contribution in [1.29, 1.82) is 0 Å². The van der Waals surface area contributed by atoms with E-state index >= 15 is 0 Å². The van der Waals surface area contributed by atoms with Gasteiger partial charge < -0.3 is 15.2 Å². The summed E-state index contributed by atoms with van der Waals surface area (Å²) < 4.78 is 28.0. The number of nitrogens with one attached hydrogen (secondary N) is 1. The highest BCUT2D eigenvalue weighted by molar-refractivity contribution is 5.92. The van der Waals surface area contributed by atoms with E-state index in [1.54, 1.807) is 0 Å². The molecule has 0 aliphatic carbocycles. The number of anilines is 1. The first-order valence-corrected chi connectivity index (χ1v) is 5.34. The number of nitrogens with zero attached hydrogens (tertiary/aromatic N) is 1. The molecule has 1 amide bonds. The average Bonchev–Trinajstić information content (AvgIpc) is 2.34. The van der Waals surface area contributed by atoms with E-state index in [2.05, 4.69) is 15.0 Å². The van der Waals surface area contributed by atoms with Gasteiger partial charge in [0.25, 0.3) is 6.43 Å². The minimum Gasteiger partial charge on any atom is -0.478 e. The molecule has 6 nitrogen and oxygen atoms in total. The van der Waals surface area contributed by atoms with Gasteiger partial charge in [-0.25, -0.2) is 18.6 Å². The largest absolute Gasteiger partial charge is 0.478 e. The molecule has 0 aliphatic rings. The van der Waals surface area contributed by atoms with Crippen LogP contribution >= 0.6 is 0 Å². The van der Waals surface area contributed by atoms with Crippen LogP contribution in [0.5, 0.6) is 0 Å². The Hall–Kier alpha value is -2.09. The Bertz CT molecular complexity index is 454. The summed E-state index contributed by atoms with van der Waals surface area (Å²) in [5.74, 6) is -1.55. The molecular weight excluding hydrogens is 262 g/mol. The molecular formula is C11H12F2N2O4. The number of aromatic nitrogens is 1. The number of amides is 1. The molecule has 104 valence electrons. The van der Waals surface area contributed by atoms with Gasteiger partial charge in [-0.2, -0.15) is 0 Å². The van der Waals surface area contributed by atoms with E-state index in [9.17, 15) is 18.4 Å². The van der Waals surface area contributed by atoms with Crippen LogP contribution in [0.4, 0.5) is 14.6 Å². The van der Waals surface area contributed by atoms with Gasteiger partial charge in [-0.1, -0.05) is 0 Å². The van der Waals surface area contributed by atoms with Crippen molar-refractivity contribution in [2.24, 2.45) is 0 Å². The van der Waals surface area contributed by atoms with Crippen molar-refractivity contribution in [3.63, 3.8) is 0 Å². The van der Waals surface area contributed by atoms with Crippen LogP contribution < -0.4 is 5.32 Å². The Kier molecular flexibility index (Phi) is 5.80. The number of carbonyl (C=O) groups excluding carboxylic acids is 1. The SMILES string of the molecule is O=C(CCOCC(F)F)Nc1cc(C(=O)O)ccn1. The lowest BCUT2D eigenvalue weighted by atomic mass is 10.2. The molecule has 0 bridgehead atoms. The number of carboxylic acids is 1. The summed E-state index contributed by atoms with van der Waals surface area (Å²) in [7, 11) is 0. The van der Waals surface area contributed by atoms with Crippen molar-refractivity contribution >= 4 is 17.7 Å². The van der Waals surface area contributed by atoms with Gasteiger partial charge in [0.1, 0.15) is 12.4 Å². The highest BCUT2D eigenvalue weighted by Crippen LogP contribution is 2.07. The van der Waals surface area contributed by atoms with Gasteiger partial charge >= 0.3 is 5.97 Å². The maximum absolute atomic E-state index is 11.7. The molecule has 0 atom stereocenters. The average molecular weight is 274 g/mol. The summed E-state index contributed by atoms with van der Waals surface area (Å²) in [6, 6.07) is 2.48. The maximum Gasteiger partial charge on any atom is 0.335 e. The second kappa shape index (κ2) is 7.37. The van der Waals surface area contributed by atoms with E-state index in [4.69, 9.17) is 5.11 Å². The molecule has 2 N–H and O–H groups in total. The molecule has 1 rings (SSSR count). The van der Waals surface area contributed by atoms with Crippen molar-refractivity contribution in [2.75, 3.05) is 18.5 Å². The monoisotopic (exact) mass is 274 g/mol. The van der Waals surface area contributed by atoms with Crippen LogP contribution in [0, 0.1) is 0 Å². The Morgan fingerprint density at radius 2 is 2.21 bits per heavy atom. The zero-order valence-corrected chi connectivity index (χ0v) is 9.81. The van der Waals surface area contributed by atoms with E-state index in [-0.39, 0.29) is 24.4 Å². The minimum atomic E-state index is -2.57. The van der Waals surface area contributed by atoms with Crippen molar-refractivity contribution in [2.45, 2.75) is 12.8 Å². The highest BCUT2D eigenvalue weighted by Gasteiger charge is 2.08. The number of hydrogen-bond donors (Lipinski definition) is 2. The van der Waals surface area contributed by atoms with Gasteiger partial charge in [0.05, 0.1) is 18.6 Å². The Morgan fingerprint density at radius 3 is 2.84 bits per heavy atom. The molecule has 0 aromatic carbocycles. The zero-order chi connectivity index (χ0) is 14.3. The molecule has 0 unspecified atom stereocenters. The first-order valence-electron chi connectivity index (χ1n) is 5.34. The predicted octanol–water partition coefficient (Wildman–Crippen LogP) is 1.39. The fourth-order valence-electron chi connectivity index (χ4n) is 1.17. The van der Waals surface area contributed by atoms with Gasteiger partial charge in [-0.05, 0) is 12.1 Å². The van der Waals surface area contributed by atoms with E-state index in [0.29, 0.717) is 0 Å². The summed E-state index contributed by atoms with van der Waals surface area (Å²) in [4.78, 5) is 25.8. The molecule has 1 heterocycles. The van der Waals surface area contributed by atoms with Gasteiger partial charge in [0.15, 0.2) is 0 Å². The van der Waals surface area contributed by atoms with Gasteiger partial charge in [0.2, 0.25) is 5.91 Å². The highest BCUT2D eigenvalue weighted by atomic mass is 19.3. The van der Waals surface area contributed by atoms with E-state index in [1.807, 2.05) is 0 Å². The summed E-state index contributed by atoms with van der Waals surface area (Å²) in [6.45, 7) is -0.866. The Morgan fingerprint density at radius 1 is 1.47 bits per heavy atom. The number of carboxylic acid groups (broad SMARTS) is 1. The van der Waals surface area contributed by atoms with E-state index < -0.39 is 24.9 Å². The summed E-state index contributed by atoms with van der Waals surface area (Å²) in [5.41, 5.74) is -0.0146. The Balaban J connectivity index is 2.40. The second-order valence-corrected chi connectivity index (χ2v) is 3.50. The summed E-state index contributed by atoms with van der Waals surface area (Å²) >= 11 is 0. The zero-order valence-electron chi connectivity index (χ0n) is 9.81. The Labute approximate surface area is 107 Å². The fraction of sp³-hybridized carbons (Fsp3) is 0.364. The summed E-state index contributed by atoms with van der Waals surface area (Å²) in [5, 5.41) is 11.1. The predicted molar refractivity (Wildman–Crippen MR) is 61.3 cm³/mol. The molecule has 0 fully saturated rings. The number of ether oxygens (including phenoxy) is 1. The molecule has 8 heteroatoms. The van der Waals surface area contributed by atoms with Crippen LogP contribution in [0.2, 0.25) is 0 Å². The van der Waals surface area contributed by atoms with Crippen LogP contribution in [-0.4, -0.2) is 41.6 Å². The van der Waals surface area contributed by atoms with E-state index in [1.165, 1.54) is 18.3 Å². The van der Waals surface area contributed by atoms with Gasteiger partial charge in [0, 0.05) is 6.20 Å². The number of alkyl halides is 2. The topological polar surface area (TPSA) is 88.5 Å². The lowest BCUT2D eigenvalue weighted by Crippen LogP contribution is -2.16. The quantitative estimate of drug-likeness (QED) is 0.733. The first-order chi connectivity index (χ1) is 8.99. The van der Waals surface area contributed by atoms with Crippen LogP contribution in [0.15, 0.2) is 18.3 Å². The molecule has 1 aromatic rings. The third kappa shape index (κ3) is 5.87. The third-order valence-electron chi connectivity index (χ3n) is 1.99. The molecule has 0 saturated heterocycles. The lowest BCUT2D eigenvalue weighted by Gasteiger charge is -2.05. The smallest absolute Gasteiger partial charge is 0.335 e. The number of halogens is 2. The van der Waals surface area contributed by atoms with Crippen molar-refractivity contribution < 1.29 is 28.2 Å². The summed E-state index contributed by atoms with van der Waals surface area (Å²) in [6.07, 6.45) is -1.45. The van der Waals surface area contributed by atoms with Crippen LogP contribution in [-0.2, 0) is 9.53 Å². The second-order valence-electron chi connectivity index (χ2n) is 3.50. The normalized spacial score (nSPS) is 10.5. The number of rotatable bonds is 7. The molecule has 0 spiro atoms. The molecule has 19 heavy (non-hydrogen) atoms.